The van der Waals surface area contributed by atoms with Gasteiger partial charge in [-0.1, -0.05) is 0 Å². The van der Waals surface area contributed by atoms with Crippen molar-refractivity contribution in [2.75, 3.05) is 61.6 Å². The van der Waals surface area contributed by atoms with Crippen molar-refractivity contribution in [3.05, 3.63) is 47.8 Å². The number of nitrogens with zero attached hydrogens (tertiary/aromatic N) is 5. The number of alkyl halides is 3. The highest BCUT2D eigenvalue weighted by molar-refractivity contribution is 6.08. The number of morpholine rings is 1. The minimum Gasteiger partial charge on any atom is -0.378 e. The molecule has 2 aliphatic heterocycles. The Morgan fingerprint density at radius 2 is 2.06 bits per heavy atom. The van der Waals surface area contributed by atoms with E-state index in [-0.39, 0.29) is 22.9 Å². The Balaban J connectivity index is 1.41. The molecule has 0 aliphatic carbocycles. The van der Waals surface area contributed by atoms with Crippen LogP contribution in [0.15, 0.2) is 36.7 Å². The van der Waals surface area contributed by atoms with E-state index in [1.807, 2.05) is 22.9 Å². The number of rotatable bonds is 5. The Kier molecular flexibility index (Phi) is 6.71. The van der Waals surface area contributed by atoms with Crippen molar-refractivity contribution in [2.45, 2.75) is 25.1 Å². The molecule has 2 aromatic heterocycles. The third kappa shape index (κ3) is 4.96. The van der Waals surface area contributed by atoms with Crippen LogP contribution in [0.5, 0.6) is 0 Å². The Bertz CT molecular complexity index is 1230. The van der Waals surface area contributed by atoms with Gasteiger partial charge in [0.1, 0.15) is 11.4 Å². The molecule has 5 rings (SSSR count). The van der Waals surface area contributed by atoms with Gasteiger partial charge in [-0.2, -0.15) is 18.3 Å². The van der Waals surface area contributed by atoms with Gasteiger partial charge in [0.05, 0.1) is 30.7 Å². The number of hydrogen-bond donors (Lipinski definition) is 2. The molecule has 2 N–H and O–H groups in total. The molecule has 36 heavy (non-hydrogen) atoms. The van der Waals surface area contributed by atoms with Crippen LogP contribution in [0.1, 0.15) is 28.8 Å². The smallest absolute Gasteiger partial charge is 0.378 e. The largest absolute Gasteiger partial charge is 0.418 e. The highest BCUT2D eigenvalue weighted by Gasteiger charge is 2.35. The maximum atomic E-state index is 13.9. The number of halogens is 3. The van der Waals surface area contributed by atoms with Gasteiger partial charge in [0.2, 0.25) is 0 Å². The Hall–Kier alpha value is -3.38. The first-order valence-electron chi connectivity index (χ1n) is 11.9. The first-order valence-corrected chi connectivity index (χ1v) is 11.9. The van der Waals surface area contributed by atoms with Crippen LogP contribution in [-0.4, -0.2) is 73.0 Å². The average Bonchev–Trinajstić information content (AvgIpc) is 3.32. The third-order valence-corrected chi connectivity index (χ3v) is 6.71. The SMILES string of the molecule is CN(c1ccn2ncc(C(=O)Nc3ccc(N4CCOCC4)cc3C(F)(F)F)c2n1)[C@@H]1CCCNC1. The number of likely N-dealkylation sites (N-methyl/N-ethyl adjacent to an activating group) is 1. The molecule has 2 aliphatic rings. The lowest BCUT2D eigenvalue weighted by molar-refractivity contribution is -0.136. The van der Waals surface area contributed by atoms with Crippen molar-refractivity contribution in [2.24, 2.45) is 0 Å². The average molecular weight is 504 g/mol. The number of ether oxygens (including phenoxy) is 1. The van der Waals surface area contributed by atoms with Crippen molar-refractivity contribution < 1.29 is 22.7 Å². The first kappa shape index (κ1) is 24.3. The Morgan fingerprint density at radius 1 is 1.25 bits per heavy atom. The molecular formula is C24H28F3N7O2. The van der Waals surface area contributed by atoms with E-state index in [9.17, 15) is 18.0 Å². The maximum Gasteiger partial charge on any atom is 0.418 e. The predicted molar refractivity (Wildman–Crippen MR) is 130 cm³/mol. The van der Waals surface area contributed by atoms with Crippen LogP contribution < -0.4 is 20.4 Å². The molecular weight excluding hydrogens is 475 g/mol. The van der Waals surface area contributed by atoms with Gasteiger partial charge in [-0.05, 0) is 43.7 Å². The van der Waals surface area contributed by atoms with E-state index in [0.29, 0.717) is 37.8 Å². The van der Waals surface area contributed by atoms with Crippen LogP contribution >= 0.6 is 0 Å². The van der Waals surface area contributed by atoms with E-state index in [1.165, 1.54) is 16.8 Å². The molecule has 9 nitrogen and oxygen atoms in total. The van der Waals surface area contributed by atoms with E-state index < -0.39 is 17.6 Å². The standard InChI is InChI=1S/C24H28F3N7O2/c1-32(17-3-2-7-28-14-17)21-6-8-34-22(31-21)18(15-29-34)23(35)30-20-5-4-16(13-19(20)24(25,26)27)33-9-11-36-12-10-33/h4-6,8,13,15,17,28H,2-3,7,9-12,14H2,1H3,(H,30,35)/t17-/m1/s1. The molecule has 1 aromatic carbocycles. The van der Waals surface area contributed by atoms with E-state index in [1.54, 1.807) is 12.3 Å². The normalized spacial score (nSPS) is 18.9. The van der Waals surface area contributed by atoms with E-state index >= 15 is 0 Å². The number of nitrogens with one attached hydrogen (secondary N) is 2. The number of anilines is 3. The van der Waals surface area contributed by atoms with Gasteiger partial charge in [0.25, 0.3) is 5.91 Å². The minimum atomic E-state index is -4.64. The lowest BCUT2D eigenvalue weighted by Gasteiger charge is -2.32. The minimum absolute atomic E-state index is 0.0948. The van der Waals surface area contributed by atoms with E-state index in [0.717, 1.165) is 32.0 Å². The predicted octanol–water partition coefficient (Wildman–Crippen LogP) is 3.03. The van der Waals surface area contributed by atoms with Crippen molar-refractivity contribution in [1.82, 2.24) is 19.9 Å². The number of carbonyl (C=O) groups excluding carboxylic acids is 1. The number of fused-ring (bicyclic) bond motifs is 1. The number of piperidine rings is 1. The molecule has 2 fully saturated rings. The molecule has 1 amide bonds. The molecule has 2 saturated heterocycles. The second-order valence-electron chi connectivity index (χ2n) is 9.00. The molecule has 0 bridgehead atoms. The van der Waals surface area contributed by atoms with Crippen LogP contribution in [0.2, 0.25) is 0 Å². The van der Waals surface area contributed by atoms with E-state index in [4.69, 9.17) is 4.74 Å². The van der Waals surface area contributed by atoms with Gasteiger partial charge in [-0.25, -0.2) is 9.50 Å². The van der Waals surface area contributed by atoms with Crippen LogP contribution in [0.25, 0.3) is 5.65 Å². The second-order valence-corrected chi connectivity index (χ2v) is 9.00. The number of amides is 1. The summed E-state index contributed by atoms with van der Waals surface area (Å²) in [5.74, 6) is -0.0437. The molecule has 0 unspecified atom stereocenters. The number of carbonyl (C=O) groups is 1. The highest BCUT2D eigenvalue weighted by Crippen LogP contribution is 2.38. The summed E-state index contributed by atoms with van der Waals surface area (Å²) >= 11 is 0. The summed E-state index contributed by atoms with van der Waals surface area (Å²) in [5, 5.41) is 9.96. The fraction of sp³-hybridized carbons (Fsp3) is 0.458. The van der Waals surface area contributed by atoms with Crippen molar-refractivity contribution >= 4 is 28.7 Å². The molecule has 0 spiro atoms. The summed E-state index contributed by atoms with van der Waals surface area (Å²) in [6, 6.07) is 6.01. The summed E-state index contributed by atoms with van der Waals surface area (Å²) in [5.41, 5.74) is -0.414. The van der Waals surface area contributed by atoms with Crippen molar-refractivity contribution in [3.8, 4) is 0 Å². The van der Waals surface area contributed by atoms with Gasteiger partial charge in [-0.3, -0.25) is 4.79 Å². The highest BCUT2D eigenvalue weighted by atomic mass is 19.4. The molecule has 12 heteroatoms. The summed E-state index contributed by atoms with van der Waals surface area (Å²) < 4.78 is 48.5. The quantitative estimate of drug-likeness (QED) is 0.554. The van der Waals surface area contributed by atoms with Gasteiger partial charge < -0.3 is 25.2 Å². The van der Waals surface area contributed by atoms with Crippen LogP contribution in [0.4, 0.5) is 30.4 Å². The lowest BCUT2D eigenvalue weighted by atomic mass is 10.1. The maximum absolute atomic E-state index is 13.9. The molecule has 192 valence electrons. The van der Waals surface area contributed by atoms with Gasteiger partial charge in [0, 0.05) is 44.6 Å². The second kappa shape index (κ2) is 9.94. The number of hydrogen-bond acceptors (Lipinski definition) is 7. The lowest BCUT2D eigenvalue weighted by Crippen LogP contribution is -2.44. The molecule has 0 radical (unpaired) electrons. The molecule has 0 saturated carbocycles. The Labute approximate surface area is 206 Å². The summed E-state index contributed by atoms with van der Waals surface area (Å²) in [6.45, 7) is 3.73. The van der Waals surface area contributed by atoms with Gasteiger partial charge in [-0.15, -0.1) is 0 Å². The zero-order chi connectivity index (χ0) is 25.3. The fourth-order valence-corrected chi connectivity index (χ4v) is 4.65. The van der Waals surface area contributed by atoms with Crippen molar-refractivity contribution in [3.63, 3.8) is 0 Å². The molecule has 4 heterocycles. The summed E-state index contributed by atoms with van der Waals surface area (Å²) in [7, 11) is 1.94. The van der Waals surface area contributed by atoms with Crippen LogP contribution in [0, 0.1) is 0 Å². The van der Waals surface area contributed by atoms with Crippen molar-refractivity contribution in [1.29, 1.82) is 0 Å². The summed E-state index contributed by atoms with van der Waals surface area (Å²) in [4.78, 5) is 21.6. The van der Waals surface area contributed by atoms with E-state index in [2.05, 4.69) is 20.7 Å². The van der Waals surface area contributed by atoms with Crippen LogP contribution in [-0.2, 0) is 10.9 Å². The summed E-state index contributed by atoms with van der Waals surface area (Å²) in [6.07, 6.45) is 0.444. The van der Waals surface area contributed by atoms with Crippen LogP contribution in [0.3, 0.4) is 0 Å². The number of aromatic nitrogens is 3. The zero-order valence-corrected chi connectivity index (χ0v) is 19.9. The zero-order valence-electron chi connectivity index (χ0n) is 19.9. The molecule has 3 aromatic rings. The fourth-order valence-electron chi connectivity index (χ4n) is 4.65. The topological polar surface area (TPSA) is 87.0 Å². The molecule has 1 atom stereocenters. The van der Waals surface area contributed by atoms with Gasteiger partial charge in [0.15, 0.2) is 5.65 Å². The number of benzene rings is 1. The first-order chi connectivity index (χ1) is 17.3. The third-order valence-electron chi connectivity index (χ3n) is 6.71. The monoisotopic (exact) mass is 503 g/mol. The van der Waals surface area contributed by atoms with Gasteiger partial charge >= 0.3 is 6.18 Å². The Morgan fingerprint density at radius 3 is 2.78 bits per heavy atom.